The Labute approximate surface area is 142 Å². The number of alkyl carbamates (subject to hydrolysis) is 1. The van der Waals surface area contributed by atoms with Gasteiger partial charge in [0.2, 0.25) is 0 Å². The molecule has 2 aromatic rings. The van der Waals surface area contributed by atoms with Crippen LogP contribution in [0.2, 0.25) is 0 Å². The summed E-state index contributed by atoms with van der Waals surface area (Å²) in [7, 11) is 0. The summed E-state index contributed by atoms with van der Waals surface area (Å²) in [6.45, 7) is 6.99. The van der Waals surface area contributed by atoms with E-state index >= 15 is 0 Å². The van der Waals surface area contributed by atoms with E-state index in [9.17, 15) is 9.59 Å². The van der Waals surface area contributed by atoms with E-state index in [4.69, 9.17) is 4.74 Å². The Morgan fingerprint density at radius 1 is 0.917 bits per heavy atom. The number of hydrogen-bond acceptors (Lipinski definition) is 3. The molecule has 2 aromatic carbocycles. The third-order valence-electron chi connectivity index (χ3n) is 3.59. The molecule has 24 heavy (non-hydrogen) atoms. The molecule has 0 spiro atoms. The Hall–Kier alpha value is -2.62. The summed E-state index contributed by atoms with van der Waals surface area (Å²) >= 11 is 0. The minimum atomic E-state index is -1.14. The van der Waals surface area contributed by atoms with Crippen molar-refractivity contribution in [2.45, 2.75) is 38.8 Å². The third-order valence-corrected chi connectivity index (χ3v) is 3.59. The molecule has 0 saturated heterocycles. The zero-order valence-electron chi connectivity index (χ0n) is 14.5. The highest BCUT2D eigenvalue weighted by molar-refractivity contribution is 5.78. The van der Waals surface area contributed by atoms with Crippen LogP contribution in [0.4, 0.5) is 4.79 Å². The quantitative estimate of drug-likeness (QED) is 0.853. The van der Waals surface area contributed by atoms with Gasteiger partial charge >= 0.3 is 6.09 Å². The Bertz CT molecular complexity index is 702. The molecular weight excluding hydrogens is 302 g/mol. The minimum Gasteiger partial charge on any atom is -0.444 e. The molecule has 2 rings (SSSR count). The van der Waals surface area contributed by atoms with Crippen LogP contribution in [0.25, 0.3) is 11.1 Å². The summed E-state index contributed by atoms with van der Waals surface area (Å²) in [5.41, 5.74) is 1.08. The first-order chi connectivity index (χ1) is 11.2. The second-order valence-corrected chi connectivity index (χ2v) is 6.89. The third kappa shape index (κ3) is 4.44. The fourth-order valence-corrected chi connectivity index (χ4v) is 2.32. The molecule has 0 aliphatic carbocycles. The summed E-state index contributed by atoms with van der Waals surface area (Å²) < 4.78 is 5.24. The molecule has 4 heteroatoms. The van der Waals surface area contributed by atoms with Crippen molar-refractivity contribution in [3.8, 4) is 11.1 Å². The van der Waals surface area contributed by atoms with Gasteiger partial charge in [-0.15, -0.1) is 0 Å². The van der Waals surface area contributed by atoms with Crippen LogP contribution in [0.5, 0.6) is 0 Å². The number of nitrogens with one attached hydrogen (secondary N) is 1. The highest BCUT2D eigenvalue weighted by Crippen LogP contribution is 2.24. The smallest absolute Gasteiger partial charge is 0.408 e. The van der Waals surface area contributed by atoms with Crippen LogP contribution in [0.1, 0.15) is 33.3 Å². The van der Waals surface area contributed by atoms with Gasteiger partial charge in [0, 0.05) is 0 Å². The van der Waals surface area contributed by atoms with Gasteiger partial charge in [0.15, 0.2) is 0 Å². The summed E-state index contributed by atoms with van der Waals surface area (Å²) in [5.74, 6) is 0. The normalized spacial score (nSPS) is 13.7. The molecule has 1 N–H and O–H groups in total. The van der Waals surface area contributed by atoms with E-state index < -0.39 is 17.2 Å². The number of rotatable bonds is 4. The number of carbonyl (C=O) groups excluding carboxylic acids is 2. The van der Waals surface area contributed by atoms with Crippen LogP contribution >= 0.6 is 0 Å². The Morgan fingerprint density at radius 3 is 1.96 bits per heavy atom. The number of aldehydes is 1. The van der Waals surface area contributed by atoms with E-state index in [1.807, 2.05) is 54.6 Å². The second kappa shape index (κ2) is 6.87. The standard InChI is InChI=1S/C20H23NO3/c1-19(2,3)24-18(23)21-20(4,14-22)17-12-10-16(11-13-17)15-8-6-5-7-9-15/h5-14H,1-4H3,(H,21,23). The molecule has 0 aromatic heterocycles. The van der Waals surface area contributed by atoms with E-state index in [1.165, 1.54) is 0 Å². The van der Waals surface area contributed by atoms with Crippen molar-refractivity contribution in [1.82, 2.24) is 5.32 Å². The van der Waals surface area contributed by atoms with E-state index in [-0.39, 0.29) is 0 Å². The van der Waals surface area contributed by atoms with Gasteiger partial charge in [0.1, 0.15) is 17.4 Å². The number of ether oxygens (including phenoxy) is 1. The van der Waals surface area contributed by atoms with Gasteiger partial charge in [-0.3, -0.25) is 0 Å². The number of hydrogen-bond donors (Lipinski definition) is 1. The number of carbonyl (C=O) groups is 2. The lowest BCUT2D eigenvalue weighted by Gasteiger charge is -2.28. The molecule has 4 nitrogen and oxygen atoms in total. The average Bonchev–Trinajstić information content (AvgIpc) is 2.54. The lowest BCUT2D eigenvalue weighted by Crippen LogP contribution is -2.46. The van der Waals surface area contributed by atoms with Crippen LogP contribution in [0, 0.1) is 0 Å². The maximum absolute atomic E-state index is 12.0. The summed E-state index contributed by atoms with van der Waals surface area (Å²) in [4.78, 5) is 23.6. The van der Waals surface area contributed by atoms with Crippen molar-refractivity contribution in [2.24, 2.45) is 0 Å². The second-order valence-electron chi connectivity index (χ2n) is 6.89. The average molecular weight is 325 g/mol. The van der Waals surface area contributed by atoms with Crippen LogP contribution in [-0.2, 0) is 15.1 Å². The van der Waals surface area contributed by atoms with Crippen molar-refractivity contribution in [1.29, 1.82) is 0 Å². The Balaban J connectivity index is 2.21. The zero-order chi connectivity index (χ0) is 17.8. The Morgan fingerprint density at radius 2 is 1.46 bits per heavy atom. The largest absolute Gasteiger partial charge is 0.444 e. The lowest BCUT2D eigenvalue weighted by molar-refractivity contribution is -0.113. The Kier molecular flexibility index (Phi) is 5.07. The molecule has 0 saturated carbocycles. The maximum Gasteiger partial charge on any atom is 0.408 e. The molecule has 0 radical (unpaired) electrons. The molecule has 1 amide bonds. The molecule has 0 heterocycles. The van der Waals surface area contributed by atoms with Crippen molar-refractivity contribution in [3.63, 3.8) is 0 Å². The van der Waals surface area contributed by atoms with Gasteiger partial charge in [0.05, 0.1) is 0 Å². The maximum atomic E-state index is 12.0. The molecule has 1 unspecified atom stereocenters. The number of benzene rings is 2. The van der Waals surface area contributed by atoms with Crippen molar-refractivity contribution >= 4 is 12.4 Å². The fraction of sp³-hybridized carbons (Fsp3) is 0.300. The van der Waals surface area contributed by atoms with Crippen LogP contribution in [-0.4, -0.2) is 18.0 Å². The highest BCUT2D eigenvalue weighted by Gasteiger charge is 2.30. The van der Waals surface area contributed by atoms with Crippen molar-refractivity contribution in [3.05, 3.63) is 60.2 Å². The van der Waals surface area contributed by atoms with Gasteiger partial charge in [-0.05, 0) is 44.4 Å². The molecule has 0 aliphatic rings. The first-order valence-electron chi connectivity index (χ1n) is 7.87. The van der Waals surface area contributed by atoms with Crippen molar-refractivity contribution < 1.29 is 14.3 Å². The van der Waals surface area contributed by atoms with Gasteiger partial charge in [-0.1, -0.05) is 54.6 Å². The van der Waals surface area contributed by atoms with Crippen LogP contribution < -0.4 is 5.32 Å². The summed E-state index contributed by atoms with van der Waals surface area (Å²) in [6.07, 6.45) is 0.0956. The van der Waals surface area contributed by atoms with E-state index in [0.717, 1.165) is 11.1 Å². The SMILES string of the molecule is CC(C)(C)OC(=O)NC(C)(C=O)c1ccc(-c2ccccc2)cc1. The summed E-state index contributed by atoms with van der Waals surface area (Å²) in [6, 6.07) is 17.5. The lowest BCUT2D eigenvalue weighted by atomic mass is 9.92. The topological polar surface area (TPSA) is 55.4 Å². The highest BCUT2D eigenvalue weighted by atomic mass is 16.6. The van der Waals surface area contributed by atoms with Gasteiger partial charge in [0.25, 0.3) is 0 Å². The number of amides is 1. The van der Waals surface area contributed by atoms with E-state index in [0.29, 0.717) is 11.8 Å². The zero-order valence-corrected chi connectivity index (χ0v) is 14.5. The minimum absolute atomic E-state index is 0.620. The first kappa shape index (κ1) is 17.7. The predicted octanol–water partition coefficient (Wildman–Crippen LogP) is 4.29. The molecule has 0 fully saturated rings. The predicted molar refractivity (Wildman–Crippen MR) is 94.7 cm³/mol. The summed E-state index contributed by atoms with van der Waals surface area (Å²) in [5, 5.41) is 2.65. The van der Waals surface area contributed by atoms with Crippen LogP contribution in [0.3, 0.4) is 0 Å². The monoisotopic (exact) mass is 325 g/mol. The molecular formula is C20H23NO3. The molecule has 1 atom stereocenters. The van der Waals surface area contributed by atoms with Gasteiger partial charge in [-0.2, -0.15) is 0 Å². The van der Waals surface area contributed by atoms with Crippen molar-refractivity contribution in [2.75, 3.05) is 0 Å². The van der Waals surface area contributed by atoms with E-state index in [2.05, 4.69) is 5.32 Å². The molecule has 126 valence electrons. The fourth-order valence-electron chi connectivity index (χ4n) is 2.32. The van der Waals surface area contributed by atoms with Crippen LogP contribution in [0.15, 0.2) is 54.6 Å². The van der Waals surface area contributed by atoms with E-state index in [1.54, 1.807) is 27.7 Å². The van der Waals surface area contributed by atoms with Gasteiger partial charge in [-0.25, -0.2) is 4.79 Å². The first-order valence-corrected chi connectivity index (χ1v) is 7.87. The molecule has 0 bridgehead atoms. The molecule has 0 aliphatic heterocycles. The van der Waals surface area contributed by atoms with Gasteiger partial charge < -0.3 is 14.8 Å².